The molecule has 0 bridgehead atoms. The van der Waals surface area contributed by atoms with E-state index in [1.54, 1.807) is 18.2 Å². The molecule has 1 saturated carbocycles. The molecule has 2 atom stereocenters. The number of halogens is 3. The van der Waals surface area contributed by atoms with E-state index in [2.05, 4.69) is 5.32 Å². The van der Waals surface area contributed by atoms with Crippen LogP contribution in [-0.4, -0.2) is 19.1 Å². The number of hydrogen-bond donors (Lipinski definition) is 1. The van der Waals surface area contributed by atoms with Crippen LogP contribution in [-0.2, 0) is 17.5 Å². The van der Waals surface area contributed by atoms with Gasteiger partial charge in [-0.2, -0.15) is 13.2 Å². The summed E-state index contributed by atoms with van der Waals surface area (Å²) in [7, 11) is 0. The van der Waals surface area contributed by atoms with Crippen LogP contribution in [0.2, 0.25) is 0 Å². The molecule has 1 aliphatic heterocycles. The molecule has 1 heterocycles. The molecule has 2 aromatic rings. The molecular formula is C20H18F3NO3. The van der Waals surface area contributed by atoms with Crippen molar-refractivity contribution in [2.24, 2.45) is 5.92 Å². The highest BCUT2D eigenvalue weighted by Gasteiger charge is 2.47. The maximum absolute atomic E-state index is 13.1. The molecule has 0 saturated heterocycles. The summed E-state index contributed by atoms with van der Waals surface area (Å²) in [4.78, 5) is 12.4. The minimum absolute atomic E-state index is 0.199. The van der Waals surface area contributed by atoms with E-state index >= 15 is 0 Å². The Morgan fingerprint density at radius 2 is 1.81 bits per heavy atom. The molecule has 0 radical (unpaired) electrons. The van der Waals surface area contributed by atoms with Crippen molar-refractivity contribution in [1.29, 1.82) is 0 Å². The average molecular weight is 377 g/mol. The van der Waals surface area contributed by atoms with Crippen molar-refractivity contribution in [3.63, 3.8) is 0 Å². The molecule has 1 amide bonds. The van der Waals surface area contributed by atoms with E-state index < -0.39 is 17.7 Å². The fourth-order valence-electron chi connectivity index (χ4n) is 3.42. The number of rotatable bonds is 4. The summed E-state index contributed by atoms with van der Waals surface area (Å²) in [6, 6.07) is 10.9. The standard InChI is InChI=1S/C20H18F3NO3/c21-20(22,23)16-4-2-1-3-13(16)14-10-15(14)19(25)24-11-12-5-6-17-18(9-12)27-8-7-26-17/h1-6,9,14-15H,7-8,10-11H2,(H,24,25)/t14-,15-/m1/s1. The molecule has 0 aromatic heterocycles. The molecule has 7 heteroatoms. The predicted octanol–water partition coefficient (Wildman–Crippen LogP) is 3.90. The average Bonchev–Trinajstić information content (AvgIpc) is 3.46. The highest BCUT2D eigenvalue weighted by atomic mass is 19.4. The number of nitrogens with one attached hydrogen (secondary N) is 1. The van der Waals surface area contributed by atoms with Gasteiger partial charge in [0.2, 0.25) is 5.91 Å². The van der Waals surface area contributed by atoms with E-state index in [4.69, 9.17) is 9.47 Å². The van der Waals surface area contributed by atoms with Gasteiger partial charge in [-0.3, -0.25) is 4.79 Å². The smallest absolute Gasteiger partial charge is 0.416 e. The second kappa shape index (κ2) is 6.79. The van der Waals surface area contributed by atoms with Crippen molar-refractivity contribution in [2.45, 2.75) is 25.1 Å². The van der Waals surface area contributed by atoms with Crippen LogP contribution in [0.25, 0.3) is 0 Å². The van der Waals surface area contributed by atoms with Gasteiger partial charge in [0.1, 0.15) is 13.2 Å². The fraction of sp³-hybridized carbons (Fsp3) is 0.350. The number of benzene rings is 2. The predicted molar refractivity (Wildman–Crippen MR) is 91.6 cm³/mol. The molecule has 2 aromatic carbocycles. The number of alkyl halides is 3. The molecule has 0 spiro atoms. The number of hydrogen-bond acceptors (Lipinski definition) is 3. The topological polar surface area (TPSA) is 47.6 Å². The van der Waals surface area contributed by atoms with Gasteiger partial charge in [0.15, 0.2) is 11.5 Å². The Kier molecular flexibility index (Phi) is 4.45. The van der Waals surface area contributed by atoms with Crippen LogP contribution < -0.4 is 14.8 Å². The van der Waals surface area contributed by atoms with E-state index in [0.29, 0.717) is 37.7 Å². The summed E-state index contributed by atoms with van der Waals surface area (Å²) < 4.78 is 50.4. The summed E-state index contributed by atoms with van der Waals surface area (Å²) in [6.45, 7) is 1.27. The molecule has 1 N–H and O–H groups in total. The Morgan fingerprint density at radius 3 is 2.59 bits per heavy atom. The first kappa shape index (κ1) is 17.7. The van der Waals surface area contributed by atoms with E-state index in [1.807, 2.05) is 6.07 Å². The normalized spacial score (nSPS) is 20.9. The maximum Gasteiger partial charge on any atom is 0.416 e. The second-order valence-corrected chi connectivity index (χ2v) is 6.73. The van der Waals surface area contributed by atoms with Crippen molar-refractivity contribution < 1.29 is 27.4 Å². The zero-order valence-corrected chi connectivity index (χ0v) is 14.4. The number of carbonyl (C=O) groups is 1. The lowest BCUT2D eigenvalue weighted by molar-refractivity contribution is -0.138. The fourth-order valence-corrected chi connectivity index (χ4v) is 3.42. The Morgan fingerprint density at radius 1 is 1.07 bits per heavy atom. The molecule has 2 aliphatic rings. The van der Waals surface area contributed by atoms with E-state index in [1.165, 1.54) is 12.1 Å². The third-order valence-electron chi connectivity index (χ3n) is 4.87. The van der Waals surface area contributed by atoms with E-state index in [-0.39, 0.29) is 17.4 Å². The van der Waals surface area contributed by atoms with Gasteiger partial charge in [-0.15, -0.1) is 0 Å². The Bertz CT molecular complexity index is 866. The highest BCUT2D eigenvalue weighted by Crippen LogP contribution is 2.51. The van der Waals surface area contributed by atoms with Crippen LogP contribution >= 0.6 is 0 Å². The molecule has 0 unspecified atom stereocenters. The monoisotopic (exact) mass is 377 g/mol. The number of carbonyl (C=O) groups excluding carboxylic acids is 1. The number of fused-ring (bicyclic) bond motifs is 1. The minimum atomic E-state index is -4.41. The van der Waals surface area contributed by atoms with Gasteiger partial charge in [-0.05, 0) is 41.7 Å². The van der Waals surface area contributed by atoms with Crippen molar-refractivity contribution in [3.05, 3.63) is 59.2 Å². The summed E-state index contributed by atoms with van der Waals surface area (Å²) in [6.07, 6.45) is -3.98. The molecule has 4 nitrogen and oxygen atoms in total. The van der Waals surface area contributed by atoms with Crippen molar-refractivity contribution >= 4 is 5.91 Å². The van der Waals surface area contributed by atoms with Gasteiger partial charge in [-0.1, -0.05) is 24.3 Å². The molecule has 4 rings (SSSR count). The van der Waals surface area contributed by atoms with Crippen LogP contribution in [0, 0.1) is 5.92 Å². The zero-order valence-electron chi connectivity index (χ0n) is 14.4. The van der Waals surface area contributed by atoms with Gasteiger partial charge in [-0.25, -0.2) is 0 Å². The molecular weight excluding hydrogens is 359 g/mol. The van der Waals surface area contributed by atoms with E-state index in [0.717, 1.165) is 11.6 Å². The van der Waals surface area contributed by atoms with Crippen molar-refractivity contribution in [2.75, 3.05) is 13.2 Å². The van der Waals surface area contributed by atoms with Gasteiger partial charge in [0.05, 0.1) is 5.56 Å². The maximum atomic E-state index is 13.1. The quantitative estimate of drug-likeness (QED) is 0.879. The van der Waals surface area contributed by atoms with Gasteiger partial charge in [0, 0.05) is 12.5 Å². The van der Waals surface area contributed by atoms with Gasteiger partial charge >= 0.3 is 6.18 Å². The number of amides is 1. The third kappa shape index (κ3) is 3.72. The molecule has 1 fully saturated rings. The van der Waals surface area contributed by atoms with E-state index in [9.17, 15) is 18.0 Å². The first-order chi connectivity index (χ1) is 12.9. The van der Waals surface area contributed by atoms with Crippen LogP contribution in [0.15, 0.2) is 42.5 Å². The third-order valence-corrected chi connectivity index (χ3v) is 4.87. The largest absolute Gasteiger partial charge is 0.486 e. The Hall–Kier alpha value is -2.70. The lowest BCUT2D eigenvalue weighted by atomic mass is 10.0. The lowest BCUT2D eigenvalue weighted by Crippen LogP contribution is -2.25. The Labute approximate surface area is 154 Å². The van der Waals surface area contributed by atoms with Crippen molar-refractivity contribution in [3.8, 4) is 11.5 Å². The van der Waals surface area contributed by atoms with Gasteiger partial charge < -0.3 is 14.8 Å². The SMILES string of the molecule is O=C(NCc1ccc2c(c1)OCCO2)[C@@H]1C[C@@H]1c1ccccc1C(F)(F)F. The Balaban J connectivity index is 1.39. The zero-order chi connectivity index (χ0) is 19.0. The van der Waals surface area contributed by atoms with Crippen LogP contribution in [0.4, 0.5) is 13.2 Å². The van der Waals surface area contributed by atoms with Gasteiger partial charge in [0.25, 0.3) is 0 Å². The van der Waals surface area contributed by atoms with Crippen LogP contribution in [0.3, 0.4) is 0 Å². The molecule has 27 heavy (non-hydrogen) atoms. The van der Waals surface area contributed by atoms with Crippen LogP contribution in [0.1, 0.15) is 29.0 Å². The first-order valence-electron chi connectivity index (χ1n) is 8.76. The molecule has 142 valence electrons. The number of ether oxygens (including phenoxy) is 2. The summed E-state index contributed by atoms with van der Waals surface area (Å²) in [5.41, 5.74) is 0.391. The lowest BCUT2D eigenvalue weighted by Gasteiger charge is -2.19. The minimum Gasteiger partial charge on any atom is -0.486 e. The van der Waals surface area contributed by atoms with Crippen LogP contribution in [0.5, 0.6) is 11.5 Å². The summed E-state index contributed by atoms with van der Waals surface area (Å²) in [5, 5.41) is 2.81. The highest BCUT2D eigenvalue weighted by molar-refractivity contribution is 5.83. The summed E-state index contributed by atoms with van der Waals surface area (Å²) in [5.74, 6) is 0.263. The first-order valence-corrected chi connectivity index (χ1v) is 8.76. The summed E-state index contributed by atoms with van der Waals surface area (Å²) >= 11 is 0. The van der Waals surface area contributed by atoms with Crippen molar-refractivity contribution in [1.82, 2.24) is 5.32 Å². The second-order valence-electron chi connectivity index (χ2n) is 6.73. The molecule has 1 aliphatic carbocycles.